The van der Waals surface area contributed by atoms with Crippen molar-refractivity contribution in [3.63, 3.8) is 0 Å². The van der Waals surface area contributed by atoms with E-state index >= 15 is 0 Å². The molecular formula is C28H34N2O5S. The first kappa shape index (κ1) is 27.1. The maximum absolute atomic E-state index is 13.7. The van der Waals surface area contributed by atoms with Crippen LogP contribution in [-0.2, 0) is 14.8 Å². The summed E-state index contributed by atoms with van der Waals surface area (Å²) in [5.41, 5.74) is 5.59. The largest absolute Gasteiger partial charge is 0.493 e. The lowest BCUT2D eigenvalue weighted by atomic mass is 9.96. The molecular weight excluding hydrogens is 476 g/mol. The van der Waals surface area contributed by atoms with Crippen LogP contribution in [0.1, 0.15) is 40.8 Å². The minimum atomic E-state index is -4.06. The maximum Gasteiger partial charge on any atom is 0.264 e. The van der Waals surface area contributed by atoms with Gasteiger partial charge in [0.15, 0.2) is 11.5 Å². The van der Waals surface area contributed by atoms with Gasteiger partial charge < -0.3 is 14.8 Å². The van der Waals surface area contributed by atoms with E-state index in [2.05, 4.69) is 17.4 Å². The minimum Gasteiger partial charge on any atom is -0.493 e. The number of ether oxygens (including phenoxy) is 2. The summed E-state index contributed by atoms with van der Waals surface area (Å²) >= 11 is 0. The van der Waals surface area contributed by atoms with E-state index in [-0.39, 0.29) is 10.9 Å². The highest BCUT2D eigenvalue weighted by Crippen LogP contribution is 2.34. The van der Waals surface area contributed by atoms with E-state index in [1.807, 2.05) is 34.6 Å². The topological polar surface area (TPSA) is 84.9 Å². The predicted octanol–water partition coefficient (Wildman–Crippen LogP) is 5.01. The van der Waals surface area contributed by atoms with E-state index in [0.717, 1.165) is 26.6 Å². The van der Waals surface area contributed by atoms with Gasteiger partial charge in [0.25, 0.3) is 10.0 Å². The van der Waals surface area contributed by atoms with E-state index in [0.29, 0.717) is 17.2 Å². The van der Waals surface area contributed by atoms with Crippen LogP contribution in [0.5, 0.6) is 11.5 Å². The number of methoxy groups -OCH3 is 2. The first-order chi connectivity index (χ1) is 17.0. The number of amides is 1. The molecule has 0 fully saturated rings. The molecule has 3 aromatic carbocycles. The second-order valence-corrected chi connectivity index (χ2v) is 10.8. The number of hydrogen-bond acceptors (Lipinski definition) is 5. The average Bonchev–Trinajstić information content (AvgIpc) is 2.84. The van der Waals surface area contributed by atoms with E-state index in [9.17, 15) is 13.2 Å². The van der Waals surface area contributed by atoms with Gasteiger partial charge in [0.2, 0.25) is 5.91 Å². The van der Waals surface area contributed by atoms with Crippen molar-refractivity contribution in [2.45, 2.75) is 45.6 Å². The molecule has 1 amide bonds. The molecule has 1 N–H and O–H groups in total. The van der Waals surface area contributed by atoms with E-state index in [4.69, 9.17) is 9.47 Å². The lowest BCUT2D eigenvalue weighted by Gasteiger charge is -2.26. The first-order valence-corrected chi connectivity index (χ1v) is 13.1. The van der Waals surface area contributed by atoms with Crippen molar-refractivity contribution in [2.75, 3.05) is 25.1 Å². The summed E-state index contributed by atoms with van der Waals surface area (Å²) in [6.07, 6.45) is 0. The predicted molar refractivity (Wildman–Crippen MR) is 142 cm³/mol. The number of hydrogen-bond donors (Lipinski definition) is 1. The Kier molecular flexibility index (Phi) is 8.30. The number of sulfonamides is 1. The molecule has 0 heterocycles. The van der Waals surface area contributed by atoms with E-state index in [1.54, 1.807) is 30.3 Å². The molecule has 0 unspecified atom stereocenters. The Bertz CT molecular complexity index is 1350. The second kappa shape index (κ2) is 11.0. The van der Waals surface area contributed by atoms with Crippen LogP contribution in [0.4, 0.5) is 5.69 Å². The van der Waals surface area contributed by atoms with Crippen LogP contribution in [0.15, 0.2) is 59.5 Å². The van der Waals surface area contributed by atoms with Crippen LogP contribution in [-0.4, -0.2) is 35.1 Å². The number of anilines is 1. The second-order valence-electron chi connectivity index (χ2n) is 8.95. The van der Waals surface area contributed by atoms with Crippen molar-refractivity contribution >= 4 is 21.6 Å². The van der Waals surface area contributed by atoms with Gasteiger partial charge in [-0.05, 0) is 81.1 Å². The number of aryl methyl sites for hydroxylation is 4. The number of nitrogens with one attached hydrogen (secondary N) is 1. The van der Waals surface area contributed by atoms with Gasteiger partial charge in [0.05, 0.1) is 30.8 Å². The summed E-state index contributed by atoms with van der Waals surface area (Å²) < 4.78 is 39.2. The Balaban J connectivity index is 1.97. The van der Waals surface area contributed by atoms with Crippen molar-refractivity contribution in [1.29, 1.82) is 0 Å². The van der Waals surface area contributed by atoms with Crippen LogP contribution in [0, 0.1) is 27.7 Å². The van der Waals surface area contributed by atoms with Crippen molar-refractivity contribution in [3.05, 3.63) is 82.4 Å². The number of carbonyl (C=O) groups excluding carboxylic acids is 1. The fraction of sp³-hybridized carbons (Fsp3) is 0.321. The molecule has 8 heteroatoms. The number of rotatable bonds is 9. The summed E-state index contributed by atoms with van der Waals surface area (Å²) in [5.74, 6) is 0.390. The third kappa shape index (κ3) is 5.82. The Labute approximate surface area is 214 Å². The van der Waals surface area contributed by atoms with E-state index < -0.39 is 22.5 Å². The summed E-state index contributed by atoms with van der Waals surface area (Å²) in [5, 5.41) is 2.97. The van der Waals surface area contributed by atoms with Crippen LogP contribution in [0.25, 0.3) is 0 Å². The van der Waals surface area contributed by atoms with Crippen LogP contribution < -0.4 is 19.1 Å². The molecule has 192 valence electrons. The standard InChI is InChI=1S/C28H34N2O5S/c1-18-8-11-24(12-9-18)36(32,33)30(23-10-13-26(34-6)27(16-23)35-7)17-28(31)29-22(5)25-15-20(3)19(2)14-21(25)4/h8-16,22H,17H2,1-7H3,(H,29,31)/t22-/m0/s1. The molecule has 3 aromatic rings. The number of benzene rings is 3. The zero-order chi connectivity index (χ0) is 26.6. The molecule has 7 nitrogen and oxygen atoms in total. The smallest absolute Gasteiger partial charge is 0.264 e. The maximum atomic E-state index is 13.7. The Morgan fingerprint density at radius 1 is 0.861 bits per heavy atom. The van der Waals surface area contributed by atoms with Crippen molar-refractivity contribution in [2.24, 2.45) is 0 Å². The van der Waals surface area contributed by atoms with Crippen LogP contribution >= 0.6 is 0 Å². The van der Waals surface area contributed by atoms with Gasteiger partial charge in [-0.15, -0.1) is 0 Å². The summed E-state index contributed by atoms with van der Waals surface area (Å²) in [6.45, 7) is 9.45. The first-order valence-electron chi connectivity index (χ1n) is 11.7. The zero-order valence-electron chi connectivity index (χ0n) is 21.9. The molecule has 0 aliphatic rings. The Morgan fingerprint density at radius 3 is 2.08 bits per heavy atom. The van der Waals surface area contributed by atoms with Gasteiger partial charge in [-0.3, -0.25) is 9.10 Å². The quantitative estimate of drug-likeness (QED) is 0.437. The molecule has 0 radical (unpaired) electrons. The molecule has 0 aromatic heterocycles. The van der Waals surface area contributed by atoms with Crippen LogP contribution in [0.2, 0.25) is 0 Å². The molecule has 0 aliphatic heterocycles. The van der Waals surface area contributed by atoms with Gasteiger partial charge in [0, 0.05) is 6.07 Å². The highest BCUT2D eigenvalue weighted by Gasteiger charge is 2.28. The molecule has 0 spiro atoms. The van der Waals surface area contributed by atoms with Gasteiger partial charge in [-0.1, -0.05) is 29.8 Å². The van der Waals surface area contributed by atoms with Crippen molar-refractivity contribution in [1.82, 2.24) is 5.32 Å². The Morgan fingerprint density at radius 2 is 1.47 bits per heavy atom. The Hall–Kier alpha value is -3.52. The van der Waals surface area contributed by atoms with Crippen molar-refractivity contribution in [3.8, 4) is 11.5 Å². The summed E-state index contributed by atoms with van der Waals surface area (Å²) in [4.78, 5) is 13.3. The molecule has 0 aliphatic carbocycles. The number of carbonyl (C=O) groups is 1. The fourth-order valence-electron chi connectivity index (χ4n) is 4.08. The third-order valence-electron chi connectivity index (χ3n) is 6.28. The number of nitrogens with zero attached hydrogens (tertiary/aromatic N) is 1. The van der Waals surface area contributed by atoms with Gasteiger partial charge >= 0.3 is 0 Å². The highest BCUT2D eigenvalue weighted by atomic mass is 32.2. The lowest BCUT2D eigenvalue weighted by molar-refractivity contribution is -0.120. The minimum absolute atomic E-state index is 0.0914. The highest BCUT2D eigenvalue weighted by molar-refractivity contribution is 7.92. The van der Waals surface area contributed by atoms with Gasteiger partial charge in [-0.25, -0.2) is 8.42 Å². The SMILES string of the molecule is COc1ccc(N(CC(=O)N[C@@H](C)c2cc(C)c(C)cc2C)S(=O)(=O)c2ccc(C)cc2)cc1OC. The molecule has 36 heavy (non-hydrogen) atoms. The zero-order valence-corrected chi connectivity index (χ0v) is 22.7. The summed E-state index contributed by atoms with van der Waals surface area (Å²) in [6, 6.07) is 15.1. The average molecular weight is 511 g/mol. The molecule has 0 saturated heterocycles. The summed E-state index contributed by atoms with van der Waals surface area (Å²) in [7, 11) is -1.08. The van der Waals surface area contributed by atoms with E-state index in [1.165, 1.54) is 31.9 Å². The molecule has 1 atom stereocenters. The monoisotopic (exact) mass is 510 g/mol. The van der Waals surface area contributed by atoms with Gasteiger partial charge in [0.1, 0.15) is 6.54 Å². The normalized spacial score (nSPS) is 12.1. The molecule has 0 bridgehead atoms. The van der Waals surface area contributed by atoms with Crippen LogP contribution in [0.3, 0.4) is 0 Å². The fourth-order valence-corrected chi connectivity index (χ4v) is 5.49. The molecule has 0 saturated carbocycles. The molecule has 3 rings (SSSR count). The lowest BCUT2D eigenvalue weighted by Crippen LogP contribution is -2.41. The van der Waals surface area contributed by atoms with Crippen molar-refractivity contribution < 1.29 is 22.7 Å². The third-order valence-corrected chi connectivity index (χ3v) is 8.07. The van der Waals surface area contributed by atoms with Gasteiger partial charge in [-0.2, -0.15) is 0 Å².